The summed E-state index contributed by atoms with van der Waals surface area (Å²) in [5.74, 6) is -0.432. The molecular formula is C11H4F6NO. The number of nitrogens with zero attached hydrogens (tertiary/aromatic N) is 1. The van der Waals surface area contributed by atoms with Gasteiger partial charge in [-0.1, -0.05) is 0 Å². The van der Waals surface area contributed by atoms with E-state index in [0.717, 1.165) is 6.20 Å². The molecular weight excluding hydrogens is 276 g/mol. The van der Waals surface area contributed by atoms with Crippen LogP contribution in [-0.2, 0) is 12.4 Å². The van der Waals surface area contributed by atoms with Gasteiger partial charge in [-0.15, -0.1) is 0 Å². The summed E-state index contributed by atoms with van der Waals surface area (Å²) < 4.78 is 80.2. The van der Waals surface area contributed by atoms with Crippen molar-refractivity contribution in [2.24, 2.45) is 0 Å². The fourth-order valence-corrected chi connectivity index (χ4v) is 1.48. The minimum absolute atomic E-state index is 0.362. The molecule has 2 nitrogen and oxygen atoms in total. The Bertz CT molecular complexity index is 570. The van der Waals surface area contributed by atoms with E-state index in [1.807, 2.05) is 6.39 Å². The minimum Gasteiger partial charge on any atom is -0.432 e. The first-order valence-electron chi connectivity index (χ1n) is 4.80. The van der Waals surface area contributed by atoms with Crippen LogP contribution in [0, 0.1) is 6.39 Å². The van der Waals surface area contributed by atoms with Gasteiger partial charge in [0.25, 0.3) is 6.39 Å². The molecule has 0 unspecified atom stereocenters. The topological polar surface area (TPSA) is 26.0 Å². The van der Waals surface area contributed by atoms with Crippen molar-refractivity contribution < 1.29 is 30.8 Å². The van der Waals surface area contributed by atoms with Crippen LogP contribution in [0.1, 0.15) is 11.1 Å². The van der Waals surface area contributed by atoms with E-state index < -0.39 is 34.8 Å². The second kappa shape index (κ2) is 4.29. The van der Waals surface area contributed by atoms with Crippen molar-refractivity contribution in [3.63, 3.8) is 0 Å². The van der Waals surface area contributed by atoms with Gasteiger partial charge in [-0.25, -0.2) is 4.98 Å². The van der Waals surface area contributed by atoms with Gasteiger partial charge in [0.15, 0.2) is 5.76 Å². The molecule has 0 N–H and O–H groups in total. The Balaban J connectivity index is 2.65. The molecule has 0 bridgehead atoms. The second-order valence-electron chi connectivity index (χ2n) is 3.57. The van der Waals surface area contributed by atoms with Crippen LogP contribution in [-0.4, -0.2) is 4.98 Å². The zero-order valence-corrected chi connectivity index (χ0v) is 8.93. The molecule has 2 rings (SSSR count). The van der Waals surface area contributed by atoms with Crippen LogP contribution < -0.4 is 0 Å². The molecule has 0 saturated heterocycles. The molecule has 0 amide bonds. The summed E-state index contributed by atoms with van der Waals surface area (Å²) in [6.07, 6.45) is -6.79. The average Bonchev–Trinajstić information content (AvgIpc) is 2.79. The predicted octanol–water partition coefficient (Wildman–Crippen LogP) is 4.18. The molecule has 1 heterocycles. The molecule has 0 aliphatic heterocycles. The van der Waals surface area contributed by atoms with Crippen LogP contribution in [0.2, 0.25) is 0 Å². The molecule has 19 heavy (non-hydrogen) atoms. The number of aromatic nitrogens is 1. The largest absolute Gasteiger partial charge is 0.432 e. The Morgan fingerprint density at radius 2 is 1.68 bits per heavy atom. The zero-order valence-electron chi connectivity index (χ0n) is 8.93. The Labute approximate surface area is 102 Å². The van der Waals surface area contributed by atoms with Crippen molar-refractivity contribution >= 4 is 0 Å². The van der Waals surface area contributed by atoms with Gasteiger partial charge in [0.2, 0.25) is 0 Å². The van der Waals surface area contributed by atoms with Gasteiger partial charge in [-0.05, 0) is 18.2 Å². The SMILES string of the molecule is FC(F)(F)c1ccc(C(F)(F)F)c(-c2cn[c]o2)c1. The summed E-state index contributed by atoms with van der Waals surface area (Å²) in [5, 5.41) is 0. The Hall–Kier alpha value is -1.99. The highest BCUT2D eigenvalue weighted by Crippen LogP contribution is 2.40. The summed E-state index contributed by atoms with van der Waals surface area (Å²) in [4.78, 5) is 3.27. The number of benzene rings is 1. The van der Waals surface area contributed by atoms with Crippen molar-refractivity contribution in [2.45, 2.75) is 12.4 Å². The van der Waals surface area contributed by atoms with Crippen molar-refractivity contribution in [2.75, 3.05) is 0 Å². The third-order valence-electron chi connectivity index (χ3n) is 2.31. The molecule has 101 valence electrons. The second-order valence-corrected chi connectivity index (χ2v) is 3.57. The summed E-state index contributed by atoms with van der Waals surface area (Å²) in [5.41, 5.74) is -3.16. The maximum atomic E-state index is 12.7. The fourth-order valence-electron chi connectivity index (χ4n) is 1.48. The van der Waals surface area contributed by atoms with Crippen LogP contribution in [0.15, 0.2) is 28.8 Å². The molecule has 1 aromatic carbocycles. The molecule has 0 atom stereocenters. The van der Waals surface area contributed by atoms with Crippen LogP contribution >= 0.6 is 0 Å². The van der Waals surface area contributed by atoms with Gasteiger partial charge in [0.05, 0.1) is 17.3 Å². The summed E-state index contributed by atoms with van der Waals surface area (Å²) in [6, 6.07) is 1.10. The van der Waals surface area contributed by atoms with Crippen LogP contribution in [0.4, 0.5) is 26.3 Å². The van der Waals surface area contributed by atoms with E-state index >= 15 is 0 Å². The first kappa shape index (κ1) is 13.4. The Kier molecular flexibility index (Phi) is 3.03. The molecule has 0 aliphatic rings. The molecule has 0 aliphatic carbocycles. The minimum atomic E-state index is -4.80. The summed E-state index contributed by atoms with van der Waals surface area (Å²) in [6.45, 7) is 0. The van der Waals surface area contributed by atoms with Crippen molar-refractivity contribution in [1.82, 2.24) is 4.98 Å². The molecule has 0 fully saturated rings. The van der Waals surface area contributed by atoms with Gasteiger partial charge in [-0.2, -0.15) is 26.3 Å². The van der Waals surface area contributed by atoms with E-state index in [0.29, 0.717) is 18.2 Å². The van der Waals surface area contributed by atoms with Crippen LogP contribution in [0.5, 0.6) is 0 Å². The highest BCUT2D eigenvalue weighted by Gasteiger charge is 2.37. The van der Waals surface area contributed by atoms with Gasteiger partial charge < -0.3 is 4.42 Å². The van der Waals surface area contributed by atoms with E-state index in [4.69, 9.17) is 0 Å². The number of hydrogen-bond donors (Lipinski definition) is 0. The molecule has 0 saturated carbocycles. The van der Waals surface area contributed by atoms with E-state index in [9.17, 15) is 26.3 Å². The Morgan fingerprint density at radius 1 is 1.00 bits per heavy atom. The van der Waals surface area contributed by atoms with E-state index in [-0.39, 0.29) is 0 Å². The molecule has 1 aromatic heterocycles. The van der Waals surface area contributed by atoms with E-state index in [1.165, 1.54) is 0 Å². The molecule has 1 radical (unpaired) electrons. The van der Waals surface area contributed by atoms with Crippen molar-refractivity contribution in [3.05, 3.63) is 41.9 Å². The fraction of sp³-hybridized carbons (Fsp3) is 0.182. The number of halogens is 6. The van der Waals surface area contributed by atoms with Gasteiger partial charge in [0.1, 0.15) is 0 Å². The number of oxazole rings is 1. The lowest BCUT2D eigenvalue weighted by Gasteiger charge is -2.14. The van der Waals surface area contributed by atoms with Gasteiger partial charge >= 0.3 is 12.4 Å². The quantitative estimate of drug-likeness (QED) is 0.732. The monoisotopic (exact) mass is 280 g/mol. The molecule has 8 heteroatoms. The van der Waals surface area contributed by atoms with Crippen LogP contribution in [0.3, 0.4) is 0 Å². The van der Waals surface area contributed by atoms with Crippen molar-refractivity contribution in [1.29, 1.82) is 0 Å². The highest BCUT2D eigenvalue weighted by molar-refractivity contribution is 5.63. The smallest absolute Gasteiger partial charge is 0.417 e. The lowest BCUT2D eigenvalue weighted by Crippen LogP contribution is -2.10. The third kappa shape index (κ3) is 2.72. The summed E-state index contributed by atoms with van der Waals surface area (Å²) in [7, 11) is 0. The predicted molar refractivity (Wildman–Crippen MR) is 50.8 cm³/mol. The molecule has 2 aromatic rings. The number of hydrogen-bond acceptors (Lipinski definition) is 2. The number of alkyl halides is 6. The standard InChI is InChI=1S/C11H4F6NO/c12-10(13,14)6-1-2-8(11(15,16)17)7(3-6)9-4-18-5-19-9/h1-4H. The average molecular weight is 280 g/mol. The summed E-state index contributed by atoms with van der Waals surface area (Å²) >= 11 is 0. The molecule has 0 spiro atoms. The lowest BCUT2D eigenvalue weighted by molar-refractivity contribution is -0.141. The van der Waals surface area contributed by atoms with Crippen LogP contribution in [0.25, 0.3) is 11.3 Å². The zero-order chi connectivity index (χ0) is 14.3. The maximum absolute atomic E-state index is 12.7. The lowest BCUT2D eigenvalue weighted by atomic mass is 10.0. The highest BCUT2D eigenvalue weighted by atomic mass is 19.4. The normalized spacial score (nSPS) is 12.7. The first-order valence-corrected chi connectivity index (χ1v) is 4.80. The number of rotatable bonds is 1. The first-order chi connectivity index (χ1) is 8.69. The van der Waals surface area contributed by atoms with E-state index in [2.05, 4.69) is 9.40 Å². The third-order valence-corrected chi connectivity index (χ3v) is 2.31. The van der Waals surface area contributed by atoms with Gasteiger partial charge in [0, 0.05) is 5.56 Å². The van der Waals surface area contributed by atoms with Crippen molar-refractivity contribution in [3.8, 4) is 11.3 Å². The maximum Gasteiger partial charge on any atom is 0.417 e. The van der Waals surface area contributed by atoms with E-state index in [1.54, 1.807) is 0 Å². The van der Waals surface area contributed by atoms with Gasteiger partial charge in [-0.3, -0.25) is 0 Å². The Morgan fingerprint density at radius 3 is 2.16 bits per heavy atom.